The van der Waals surface area contributed by atoms with Gasteiger partial charge in [-0.3, -0.25) is 9.59 Å². The number of anilines is 1. The number of methoxy groups -OCH3 is 1. The maximum absolute atomic E-state index is 12.2. The molecule has 0 saturated carbocycles. The van der Waals surface area contributed by atoms with Crippen LogP contribution in [-0.4, -0.2) is 18.0 Å². The number of hydrogen-bond donors (Lipinski definition) is 2. The normalized spacial score (nSPS) is 10.8. The molecule has 0 aliphatic carbocycles. The van der Waals surface area contributed by atoms with E-state index in [-0.39, 0.29) is 17.9 Å². The quantitative estimate of drug-likeness (QED) is 0.734. The predicted molar refractivity (Wildman–Crippen MR) is 99.1 cm³/mol. The molecule has 25 heavy (non-hydrogen) atoms. The average Bonchev–Trinajstić information content (AvgIpc) is 2.56. The fourth-order valence-electron chi connectivity index (χ4n) is 2.68. The van der Waals surface area contributed by atoms with Gasteiger partial charge in [-0.05, 0) is 35.4 Å². The molecule has 6 heteroatoms. The van der Waals surface area contributed by atoms with Gasteiger partial charge in [0.25, 0.3) is 0 Å². The summed E-state index contributed by atoms with van der Waals surface area (Å²) in [7, 11) is 1.58. The molecule has 0 aliphatic heterocycles. The van der Waals surface area contributed by atoms with Gasteiger partial charge in [0.05, 0.1) is 18.5 Å². The standard InChI is InChI=1S/C19H17ClN2O3/c1-25-11-13-9-19(24)22-17-10-15(6-7-16(13)17)21-18(23)8-12-2-4-14(20)5-3-12/h2-7,9-10H,8,11H2,1H3,(H,21,23)(H,22,24). The number of aromatic amines is 1. The van der Waals surface area contributed by atoms with E-state index in [1.807, 2.05) is 18.2 Å². The molecule has 0 unspecified atom stereocenters. The number of benzene rings is 2. The first-order chi connectivity index (χ1) is 12.0. The highest BCUT2D eigenvalue weighted by atomic mass is 35.5. The molecule has 0 fully saturated rings. The number of hydrogen-bond acceptors (Lipinski definition) is 3. The first kappa shape index (κ1) is 17.2. The molecule has 1 heterocycles. The van der Waals surface area contributed by atoms with E-state index in [0.717, 1.165) is 16.5 Å². The highest BCUT2D eigenvalue weighted by Gasteiger charge is 2.08. The van der Waals surface area contributed by atoms with E-state index >= 15 is 0 Å². The Morgan fingerprint density at radius 3 is 2.64 bits per heavy atom. The Kier molecular flexibility index (Phi) is 5.16. The highest BCUT2D eigenvalue weighted by molar-refractivity contribution is 6.30. The third-order valence-electron chi connectivity index (χ3n) is 3.79. The number of carbonyl (C=O) groups is 1. The van der Waals surface area contributed by atoms with Gasteiger partial charge in [-0.25, -0.2) is 0 Å². The number of halogens is 1. The second kappa shape index (κ2) is 7.51. The van der Waals surface area contributed by atoms with Crippen LogP contribution in [0, 0.1) is 0 Å². The van der Waals surface area contributed by atoms with Gasteiger partial charge in [0.1, 0.15) is 0 Å². The van der Waals surface area contributed by atoms with Gasteiger partial charge in [-0.15, -0.1) is 0 Å². The Hall–Kier alpha value is -2.63. The summed E-state index contributed by atoms with van der Waals surface area (Å²) in [5, 5.41) is 4.36. The molecular weight excluding hydrogens is 340 g/mol. The number of H-pyrrole nitrogens is 1. The zero-order valence-electron chi connectivity index (χ0n) is 13.6. The molecule has 0 atom stereocenters. The van der Waals surface area contributed by atoms with Gasteiger partial charge in [-0.1, -0.05) is 29.8 Å². The van der Waals surface area contributed by atoms with Crippen molar-refractivity contribution in [2.24, 2.45) is 0 Å². The molecule has 0 bridgehead atoms. The summed E-state index contributed by atoms with van der Waals surface area (Å²) in [6.07, 6.45) is 0.245. The molecule has 3 rings (SSSR count). The molecule has 0 saturated heterocycles. The molecule has 3 aromatic rings. The molecule has 2 aromatic carbocycles. The lowest BCUT2D eigenvalue weighted by atomic mass is 10.1. The van der Waals surface area contributed by atoms with E-state index in [4.69, 9.17) is 16.3 Å². The topological polar surface area (TPSA) is 71.2 Å². The molecule has 1 aromatic heterocycles. The molecule has 128 valence electrons. The Bertz CT molecular complexity index is 965. The van der Waals surface area contributed by atoms with E-state index in [9.17, 15) is 9.59 Å². The summed E-state index contributed by atoms with van der Waals surface area (Å²) in [5.74, 6) is -0.142. The number of carbonyl (C=O) groups excluding carboxylic acids is 1. The van der Waals surface area contributed by atoms with Crippen LogP contribution in [-0.2, 0) is 22.6 Å². The van der Waals surface area contributed by atoms with E-state index in [1.54, 1.807) is 31.4 Å². The summed E-state index contributed by atoms with van der Waals surface area (Å²) in [4.78, 5) is 26.8. The number of ether oxygens (including phenoxy) is 1. The van der Waals surface area contributed by atoms with Crippen molar-refractivity contribution in [3.63, 3.8) is 0 Å². The molecule has 0 radical (unpaired) electrons. The minimum Gasteiger partial charge on any atom is -0.380 e. The lowest BCUT2D eigenvalue weighted by Crippen LogP contribution is -2.14. The highest BCUT2D eigenvalue weighted by Crippen LogP contribution is 2.20. The third-order valence-corrected chi connectivity index (χ3v) is 4.04. The van der Waals surface area contributed by atoms with Crippen LogP contribution in [0.5, 0.6) is 0 Å². The first-order valence-corrected chi connectivity index (χ1v) is 8.12. The van der Waals surface area contributed by atoms with Crippen molar-refractivity contribution in [1.29, 1.82) is 0 Å². The fraction of sp³-hybridized carbons (Fsp3) is 0.158. The molecule has 5 nitrogen and oxygen atoms in total. The van der Waals surface area contributed by atoms with Gasteiger partial charge in [0, 0.05) is 29.3 Å². The minimum atomic E-state index is -0.204. The van der Waals surface area contributed by atoms with E-state index in [2.05, 4.69) is 10.3 Å². The van der Waals surface area contributed by atoms with Crippen LogP contribution in [0.3, 0.4) is 0 Å². The Balaban J connectivity index is 1.80. The summed E-state index contributed by atoms with van der Waals surface area (Å²) in [6, 6.07) is 14.1. The summed E-state index contributed by atoms with van der Waals surface area (Å²) >= 11 is 5.84. The predicted octanol–water partition coefficient (Wildman–Crippen LogP) is 3.51. The number of aromatic nitrogens is 1. The van der Waals surface area contributed by atoms with E-state index < -0.39 is 0 Å². The molecule has 1 amide bonds. The van der Waals surface area contributed by atoms with Crippen LogP contribution in [0.4, 0.5) is 5.69 Å². The molecule has 0 spiro atoms. The summed E-state index contributed by atoms with van der Waals surface area (Å²) < 4.78 is 5.13. The van der Waals surface area contributed by atoms with Crippen LogP contribution in [0.15, 0.2) is 53.3 Å². The number of rotatable bonds is 5. The summed E-state index contributed by atoms with van der Waals surface area (Å²) in [6.45, 7) is 0.350. The van der Waals surface area contributed by atoms with Crippen molar-refractivity contribution in [2.45, 2.75) is 13.0 Å². The zero-order chi connectivity index (χ0) is 17.8. The molecule has 2 N–H and O–H groups in total. The second-order valence-corrected chi connectivity index (χ2v) is 6.14. The Labute approximate surface area is 149 Å². The summed E-state index contributed by atoms with van der Waals surface area (Å²) in [5.41, 5.74) is 2.75. The van der Waals surface area contributed by atoms with Crippen LogP contribution in [0.1, 0.15) is 11.1 Å². The maximum Gasteiger partial charge on any atom is 0.248 e. The van der Waals surface area contributed by atoms with Crippen LogP contribution >= 0.6 is 11.6 Å². The number of pyridine rings is 1. The molecule has 0 aliphatic rings. The van der Waals surface area contributed by atoms with Gasteiger partial charge >= 0.3 is 0 Å². The smallest absolute Gasteiger partial charge is 0.248 e. The van der Waals surface area contributed by atoms with Crippen molar-refractivity contribution < 1.29 is 9.53 Å². The molecular formula is C19H17ClN2O3. The number of nitrogens with one attached hydrogen (secondary N) is 2. The van der Waals surface area contributed by atoms with Crippen molar-refractivity contribution in [3.05, 3.63) is 75.0 Å². The number of fused-ring (bicyclic) bond motifs is 1. The monoisotopic (exact) mass is 356 g/mol. The van der Waals surface area contributed by atoms with E-state index in [0.29, 0.717) is 22.8 Å². The SMILES string of the molecule is COCc1cc(=O)[nH]c2cc(NC(=O)Cc3ccc(Cl)cc3)ccc12. The van der Waals surface area contributed by atoms with Crippen LogP contribution in [0.2, 0.25) is 5.02 Å². The lowest BCUT2D eigenvalue weighted by molar-refractivity contribution is -0.115. The minimum absolute atomic E-state index is 0.142. The van der Waals surface area contributed by atoms with Gasteiger partial charge in [0.15, 0.2) is 0 Å². The van der Waals surface area contributed by atoms with E-state index in [1.165, 1.54) is 6.07 Å². The van der Waals surface area contributed by atoms with Gasteiger partial charge in [0.2, 0.25) is 11.5 Å². The first-order valence-electron chi connectivity index (χ1n) is 7.74. The maximum atomic E-state index is 12.2. The van der Waals surface area contributed by atoms with Gasteiger partial charge < -0.3 is 15.0 Å². The van der Waals surface area contributed by atoms with Crippen molar-refractivity contribution in [1.82, 2.24) is 4.98 Å². The Morgan fingerprint density at radius 2 is 1.92 bits per heavy atom. The fourth-order valence-corrected chi connectivity index (χ4v) is 2.80. The largest absolute Gasteiger partial charge is 0.380 e. The zero-order valence-corrected chi connectivity index (χ0v) is 14.4. The third kappa shape index (κ3) is 4.26. The average molecular weight is 357 g/mol. The van der Waals surface area contributed by atoms with Crippen molar-refractivity contribution in [2.75, 3.05) is 12.4 Å². The van der Waals surface area contributed by atoms with Crippen LogP contribution < -0.4 is 10.9 Å². The van der Waals surface area contributed by atoms with Crippen molar-refractivity contribution >= 4 is 34.1 Å². The van der Waals surface area contributed by atoms with Gasteiger partial charge in [-0.2, -0.15) is 0 Å². The Morgan fingerprint density at radius 1 is 1.16 bits per heavy atom. The lowest BCUT2D eigenvalue weighted by Gasteiger charge is -2.09. The van der Waals surface area contributed by atoms with Crippen molar-refractivity contribution in [3.8, 4) is 0 Å². The second-order valence-electron chi connectivity index (χ2n) is 5.70. The number of amides is 1. The van der Waals surface area contributed by atoms with Crippen LogP contribution in [0.25, 0.3) is 10.9 Å².